The van der Waals surface area contributed by atoms with Gasteiger partial charge >= 0.3 is 0 Å². The summed E-state index contributed by atoms with van der Waals surface area (Å²) in [4.78, 5) is 14.2. The Kier molecular flexibility index (Phi) is 6.45. The number of nitrogens with zero attached hydrogens (tertiary/aromatic N) is 1. The zero-order valence-corrected chi connectivity index (χ0v) is 15.0. The predicted octanol–water partition coefficient (Wildman–Crippen LogP) is 1.73. The highest BCUT2D eigenvalue weighted by atomic mass is 16.7. The molecule has 0 aromatic heterocycles. The van der Waals surface area contributed by atoms with Crippen LogP contribution in [-0.2, 0) is 11.2 Å². The van der Waals surface area contributed by atoms with Crippen molar-refractivity contribution in [2.24, 2.45) is 11.7 Å². The molecule has 1 amide bonds. The molecule has 0 saturated carbocycles. The van der Waals surface area contributed by atoms with Gasteiger partial charge in [0.2, 0.25) is 12.7 Å². The number of nitrogens with two attached hydrogens (primary N) is 1. The Bertz CT molecular complexity index is 564. The van der Waals surface area contributed by atoms with E-state index in [0.717, 1.165) is 24.3 Å². The number of ether oxygens (including phenoxy) is 2. The maximum Gasteiger partial charge on any atom is 0.238 e. The summed E-state index contributed by atoms with van der Waals surface area (Å²) in [5.41, 5.74) is 7.13. The molecule has 1 heterocycles. The number of amides is 1. The molecule has 0 fully saturated rings. The molecule has 1 aromatic carbocycles. The Labute approximate surface area is 144 Å². The van der Waals surface area contributed by atoms with Crippen LogP contribution in [0.4, 0.5) is 0 Å². The summed E-state index contributed by atoms with van der Waals surface area (Å²) in [5, 5.41) is 2.92. The van der Waals surface area contributed by atoms with Crippen LogP contribution in [0.2, 0.25) is 0 Å². The Morgan fingerprint density at radius 2 is 2.04 bits per heavy atom. The molecule has 3 atom stereocenters. The van der Waals surface area contributed by atoms with Crippen LogP contribution in [0, 0.1) is 5.92 Å². The SMILES string of the molecule is CCC(C)C(N)C(=O)NCN(C)C(C)Cc1ccc2c(c1)OCO2. The highest BCUT2D eigenvalue weighted by Gasteiger charge is 2.20. The molecule has 0 radical (unpaired) electrons. The summed E-state index contributed by atoms with van der Waals surface area (Å²) in [6, 6.07) is 5.83. The Morgan fingerprint density at radius 1 is 1.33 bits per heavy atom. The minimum absolute atomic E-state index is 0.0912. The minimum atomic E-state index is -0.451. The van der Waals surface area contributed by atoms with Gasteiger partial charge in [-0.05, 0) is 44.0 Å². The number of hydrogen-bond donors (Lipinski definition) is 2. The van der Waals surface area contributed by atoms with Crippen LogP contribution >= 0.6 is 0 Å². The molecule has 1 aromatic rings. The number of likely N-dealkylation sites (N-methyl/N-ethyl adjacent to an activating group) is 1. The fraction of sp³-hybridized carbons (Fsp3) is 0.611. The number of benzene rings is 1. The predicted molar refractivity (Wildman–Crippen MR) is 93.9 cm³/mol. The topological polar surface area (TPSA) is 76.8 Å². The fourth-order valence-electron chi connectivity index (χ4n) is 2.55. The summed E-state index contributed by atoms with van der Waals surface area (Å²) < 4.78 is 10.7. The van der Waals surface area contributed by atoms with E-state index in [-0.39, 0.29) is 24.7 Å². The smallest absolute Gasteiger partial charge is 0.238 e. The van der Waals surface area contributed by atoms with Crippen LogP contribution in [0.15, 0.2) is 18.2 Å². The van der Waals surface area contributed by atoms with Crippen molar-refractivity contribution in [3.8, 4) is 11.5 Å². The summed E-state index contributed by atoms with van der Waals surface area (Å²) in [6.45, 7) is 6.93. The van der Waals surface area contributed by atoms with Crippen molar-refractivity contribution in [1.29, 1.82) is 0 Å². The summed E-state index contributed by atoms with van der Waals surface area (Å²) >= 11 is 0. The Morgan fingerprint density at radius 3 is 2.75 bits per heavy atom. The van der Waals surface area contributed by atoms with Crippen molar-refractivity contribution in [3.05, 3.63) is 23.8 Å². The van der Waals surface area contributed by atoms with Gasteiger partial charge in [0.05, 0.1) is 12.7 Å². The van der Waals surface area contributed by atoms with Crippen LogP contribution in [0.3, 0.4) is 0 Å². The standard InChI is InChI=1S/C18H29N3O3/c1-5-12(2)17(19)18(22)20-10-21(4)13(3)8-14-6-7-15-16(9-14)24-11-23-15/h6-7,9,12-13,17H,5,8,10-11,19H2,1-4H3,(H,20,22). The molecule has 0 saturated heterocycles. The summed E-state index contributed by atoms with van der Waals surface area (Å²) in [7, 11) is 1.99. The lowest BCUT2D eigenvalue weighted by Gasteiger charge is -2.26. The molecule has 6 nitrogen and oxygen atoms in total. The van der Waals surface area contributed by atoms with E-state index in [4.69, 9.17) is 15.2 Å². The third-order valence-electron chi connectivity index (χ3n) is 4.78. The van der Waals surface area contributed by atoms with Crippen molar-refractivity contribution < 1.29 is 14.3 Å². The molecule has 2 rings (SSSR count). The molecule has 3 N–H and O–H groups in total. The number of rotatable bonds is 8. The first kappa shape index (κ1) is 18.5. The van der Waals surface area contributed by atoms with Crippen LogP contribution in [0.1, 0.15) is 32.8 Å². The molecule has 3 unspecified atom stereocenters. The maximum atomic E-state index is 12.1. The average Bonchev–Trinajstić information content (AvgIpc) is 3.05. The van der Waals surface area contributed by atoms with Gasteiger partial charge in [-0.2, -0.15) is 0 Å². The van der Waals surface area contributed by atoms with E-state index in [1.54, 1.807) is 0 Å². The Hall–Kier alpha value is -1.79. The third-order valence-corrected chi connectivity index (χ3v) is 4.78. The average molecular weight is 335 g/mol. The highest BCUT2D eigenvalue weighted by molar-refractivity contribution is 5.81. The lowest BCUT2D eigenvalue weighted by atomic mass is 9.99. The lowest BCUT2D eigenvalue weighted by molar-refractivity contribution is -0.124. The molecule has 0 aliphatic carbocycles. The van der Waals surface area contributed by atoms with Crippen LogP contribution in [0.25, 0.3) is 0 Å². The zero-order chi connectivity index (χ0) is 17.7. The number of carbonyl (C=O) groups excluding carboxylic acids is 1. The van der Waals surface area contributed by atoms with E-state index in [9.17, 15) is 4.79 Å². The molecule has 24 heavy (non-hydrogen) atoms. The van der Waals surface area contributed by atoms with E-state index < -0.39 is 6.04 Å². The van der Waals surface area contributed by atoms with Gasteiger partial charge in [0, 0.05) is 6.04 Å². The van der Waals surface area contributed by atoms with Gasteiger partial charge in [0.15, 0.2) is 11.5 Å². The normalized spacial score (nSPS) is 16.8. The van der Waals surface area contributed by atoms with Gasteiger partial charge in [0.1, 0.15) is 0 Å². The maximum absolute atomic E-state index is 12.1. The van der Waals surface area contributed by atoms with Gasteiger partial charge in [-0.3, -0.25) is 9.69 Å². The fourth-order valence-corrected chi connectivity index (χ4v) is 2.55. The van der Waals surface area contributed by atoms with Crippen LogP contribution in [0.5, 0.6) is 11.5 Å². The highest BCUT2D eigenvalue weighted by Crippen LogP contribution is 2.32. The number of hydrogen-bond acceptors (Lipinski definition) is 5. The Balaban J connectivity index is 1.82. The molecule has 0 bridgehead atoms. The number of carbonyl (C=O) groups is 1. The van der Waals surface area contributed by atoms with E-state index in [1.165, 1.54) is 5.56 Å². The van der Waals surface area contributed by atoms with Gasteiger partial charge in [-0.25, -0.2) is 0 Å². The van der Waals surface area contributed by atoms with E-state index in [1.807, 2.05) is 33.0 Å². The van der Waals surface area contributed by atoms with E-state index in [2.05, 4.69) is 23.2 Å². The molecular formula is C18H29N3O3. The van der Waals surface area contributed by atoms with Crippen LogP contribution in [-0.4, -0.2) is 43.4 Å². The summed E-state index contributed by atoms with van der Waals surface area (Å²) in [5.74, 6) is 1.69. The zero-order valence-electron chi connectivity index (χ0n) is 15.0. The van der Waals surface area contributed by atoms with Crippen molar-refractivity contribution >= 4 is 5.91 Å². The second-order valence-corrected chi connectivity index (χ2v) is 6.61. The molecule has 0 spiro atoms. The monoisotopic (exact) mass is 335 g/mol. The third kappa shape index (κ3) is 4.61. The minimum Gasteiger partial charge on any atom is -0.454 e. The molecule has 6 heteroatoms. The van der Waals surface area contributed by atoms with Crippen molar-refractivity contribution in [2.75, 3.05) is 20.5 Å². The molecule has 1 aliphatic rings. The summed E-state index contributed by atoms with van der Waals surface area (Å²) in [6.07, 6.45) is 1.76. The number of fused-ring (bicyclic) bond motifs is 1. The second-order valence-electron chi connectivity index (χ2n) is 6.61. The number of nitrogens with one attached hydrogen (secondary N) is 1. The largest absolute Gasteiger partial charge is 0.454 e. The van der Waals surface area contributed by atoms with E-state index in [0.29, 0.717) is 6.67 Å². The van der Waals surface area contributed by atoms with Crippen molar-refractivity contribution in [3.63, 3.8) is 0 Å². The van der Waals surface area contributed by atoms with Gasteiger partial charge < -0.3 is 20.5 Å². The van der Waals surface area contributed by atoms with Crippen LogP contribution < -0.4 is 20.5 Å². The second kappa shape index (κ2) is 8.35. The van der Waals surface area contributed by atoms with E-state index >= 15 is 0 Å². The lowest BCUT2D eigenvalue weighted by Crippen LogP contribution is -2.49. The van der Waals surface area contributed by atoms with Gasteiger partial charge in [-0.15, -0.1) is 0 Å². The molecular weight excluding hydrogens is 306 g/mol. The first-order valence-electron chi connectivity index (χ1n) is 8.54. The van der Waals surface area contributed by atoms with Crippen molar-refractivity contribution in [1.82, 2.24) is 10.2 Å². The van der Waals surface area contributed by atoms with Gasteiger partial charge in [-0.1, -0.05) is 26.3 Å². The molecule has 134 valence electrons. The van der Waals surface area contributed by atoms with Gasteiger partial charge in [0.25, 0.3) is 0 Å². The quantitative estimate of drug-likeness (QED) is 0.708. The first-order chi connectivity index (χ1) is 11.4. The first-order valence-corrected chi connectivity index (χ1v) is 8.54. The van der Waals surface area contributed by atoms with Crippen molar-refractivity contribution in [2.45, 2.75) is 45.7 Å². The molecule has 1 aliphatic heterocycles.